The van der Waals surface area contributed by atoms with Crippen molar-refractivity contribution >= 4 is 5.78 Å². The number of pyridine rings is 1. The quantitative estimate of drug-likeness (QED) is 0.758. The van der Waals surface area contributed by atoms with Crippen LogP contribution in [0.2, 0.25) is 0 Å². The third-order valence-corrected chi connectivity index (χ3v) is 3.00. The Bertz CT molecular complexity index is 668. The molecular weight excluding hydrogens is 226 g/mol. The highest BCUT2D eigenvalue weighted by Crippen LogP contribution is 2.15. The van der Waals surface area contributed by atoms with Gasteiger partial charge in [0.25, 0.3) is 0 Å². The molecule has 1 aromatic heterocycles. The Labute approximate surface area is 106 Å². The second kappa shape index (κ2) is 4.61. The Morgan fingerprint density at radius 1 is 1.17 bits per heavy atom. The molecule has 0 saturated heterocycles. The van der Waals surface area contributed by atoms with Crippen molar-refractivity contribution in [2.45, 2.75) is 20.8 Å². The fraction of sp³-hybridized carbons (Fsp3) is 0.200. The van der Waals surface area contributed by atoms with Crippen molar-refractivity contribution in [1.29, 1.82) is 0 Å². The van der Waals surface area contributed by atoms with Gasteiger partial charge < -0.3 is 4.57 Å². The van der Waals surface area contributed by atoms with Crippen molar-refractivity contribution in [2.24, 2.45) is 0 Å². The fourth-order valence-electron chi connectivity index (χ4n) is 1.99. The van der Waals surface area contributed by atoms with Gasteiger partial charge in [-0.1, -0.05) is 18.2 Å². The van der Waals surface area contributed by atoms with Gasteiger partial charge in [-0.2, -0.15) is 0 Å². The van der Waals surface area contributed by atoms with Crippen LogP contribution in [0.3, 0.4) is 0 Å². The van der Waals surface area contributed by atoms with E-state index >= 15 is 0 Å². The van der Waals surface area contributed by atoms with E-state index < -0.39 is 0 Å². The number of aromatic nitrogens is 1. The zero-order valence-corrected chi connectivity index (χ0v) is 10.7. The minimum Gasteiger partial charge on any atom is -0.320 e. The van der Waals surface area contributed by atoms with Gasteiger partial charge in [0.1, 0.15) is 0 Å². The molecule has 0 unspecified atom stereocenters. The normalized spacial score (nSPS) is 10.4. The van der Waals surface area contributed by atoms with Crippen LogP contribution in [-0.2, 0) is 0 Å². The van der Waals surface area contributed by atoms with Gasteiger partial charge in [-0.15, -0.1) is 0 Å². The van der Waals surface area contributed by atoms with E-state index in [0.29, 0.717) is 0 Å². The van der Waals surface area contributed by atoms with Crippen molar-refractivity contribution in [2.75, 3.05) is 0 Å². The molecule has 0 aliphatic heterocycles. The summed E-state index contributed by atoms with van der Waals surface area (Å²) < 4.78 is 1.88. The van der Waals surface area contributed by atoms with Gasteiger partial charge in [0.15, 0.2) is 11.2 Å². The number of nitrogens with zero attached hydrogens (tertiary/aromatic N) is 1. The number of ketones is 1. The van der Waals surface area contributed by atoms with Gasteiger partial charge >= 0.3 is 0 Å². The summed E-state index contributed by atoms with van der Waals surface area (Å²) in [6.45, 7) is 5.27. The number of rotatable bonds is 2. The molecule has 0 saturated carbocycles. The summed E-state index contributed by atoms with van der Waals surface area (Å²) in [5, 5.41) is 0. The van der Waals surface area contributed by atoms with Crippen LogP contribution in [-0.4, -0.2) is 10.4 Å². The Hall–Kier alpha value is -2.16. The van der Waals surface area contributed by atoms with E-state index in [1.165, 1.54) is 13.0 Å². The lowest BCUT2D eigenvalue weighted by atomic mass is 10.1. The first-order valence-electron chi connectivity index (χ1n) is 5.81. The SMILES string of the molecule is CC(=O)c1cn(-c2ccccc2C)c(C)cc1=O. The molecule has 2 rings (SSSR count). The maximum Gasteiger partial charge on any atom is 0.192 e. The molecule has 0 aliphatic carbocycles. The first-order valence-corrected chi connectivity index (χ1v) is 5.81. The van der Waals surface area contributed by atoms with Crippen molar-refractivity contribution in [3.8, 4) is 5.69 Å². The maximum atomic E-state index is 11.7. The van der Waals surface area contributed by atoms with Crippen LogP contribution in [0.15, 0.2) is 41.3 Å². The lowest BCUT2D eigenvalue weighted by Crippen LogP contribution is -2.17. The molecule has 0 atom stereocenters. The number of Topliss-reactive ketones (excluding diaryl/α,β-unsaturated/α-hetero) is 1. The summed E-state index contributed by atoms with van der Waals surface area (Å²) in [6.07, 6.45) is 1.63. The van der Waals surface area contributed by atoms with Gasteiger partial charge in [-0.3, -0.25) is 9.59 Å². The van der Waals surface area contributed by atoms with E-state index in [9.17, 15) is 9.59 Å². The van der Waals surface area contributed by atoms with Gasteiger partial charge in [-0.25, -0.2) is 0 Å². The second-order valence-corrected chi connectivity index (χ2v) is 4.41. The first kappa shape index (κ1) is 12.3. The van der Waals surface area contributed by atoms with Gasteiger partial charge in [0, 0.05) is 23.6 Å². The van der Waals surface area contributed by atoms with E-state index in [4.69, 9.17) is 0 Å². The van der Waals surface area contributed by atoms with Crippen molar-refractivity contribution in [3.63, 3.8) is 0 Å². The number of carbonyl (C=O) groups is 1. The van der Waals surface area contributed by atoms with Crippen molar-refractivity contribution in [3.05, 3.63) is 63.6 Å². The van der Waals surface area contributed by atoms with Gasteiger partial charge in [0.05, 0.1) is 5.56 Å². The highest BCUT2D eigenvalue weighted by atomic mass is 16.1. The zero-order chi connectivity index (χ0) is 13.3. The number of benzene rings is 1. The van der Waals surface area contributed by atoms with Crippen LogP contribution >= 0.6 is 0 Å². The summed E-state index contributed by atoms with van der Waals surface area (Å²) in [7, 11) is 0. The maximum absolute atomic E-state index is 11.7. The molecule has 1 heterocycles. The number of para-hydroxylation sites is 1. The van der Waals surface area contributed by atoms with E-state index in [0.717, 1.165) is 16.9 Å². The summed E-state index contributed by atoms with van der Waals surface area (Å²) in [6, 6.07) is 9.37. The van der Waals surface area contributed by atoms with Crippen LogP contribution in [0, 0.1) is 13.8 Å². The Morgan fingerprint density at radius 2 is 1.83 bits per heavy atom. The van der Waals surface area contributed by atoms with Crippen LogP contribution in [0.1, 0.15) is 28.5 Å². The van der Waals surface area contributed by atoms with Crippen LogP contribution in [0.25, 0.3) is 5.69 Å². The summed E-state index contributed by atoms with van der Waals surface area (Å²) >= 11 is 0. The molecule has 0 bridgehead atoms. The molecule has 0 amide bonds. The molecule has 1 aromatic carbocycles. The summed E-state index contributed by atoms with van der Waals surface area (Å²) in [5.74, 6) is -0.206. The van der Waals surface area contributed by atoms with Crippen molar-refractivity contribution in [1.82, 2.24) is 4.57 Å². The second-order valence-electron chi connectivity index (χ2n) is 4.41. The molecule has 0 fully saturated rings. The van der Waals surface area contributed by atoms with Crippen molar-refractivity contribution < 1.29 is 4.79 Å². The molecule has 3 heteroatoms. The predicted molar refractivity (Wildman–Crippen MR) is 71.5 cm³/mol. The number of hydrogen-bond donors (Lipinski definition) is 0. The standard InChI is InChI=1S/C15H15NO2/c1-10-6-4-5-7-14(10)16-9-13(12(3)17)15(18)8-11(16)2/h4-9H,1-3H3. The van der Waals surface area contributed by atoms with E-state index in [1.54, 1.807) is 6.20 Å². The summed E-state index contributed by atoms with van der Waals surface area (Å²) in [5.41, 5.74) is 2.91. The average Bonchev–Trinajstić information content (AvgIpc) is 2.30. The minimum atomic E-state index is -0.218. The topological polar surface area (TPSA) is 39.1 Å². The average molecular weight is 241 g/mol. The Kier molecular flexibility index (Phi) is 3.15. The highest BCUT2D eigenvalue weighted by molar-refractivity contribution is 5.93. The minimum absolute atomic E-state index is 0.206. The lowest BCUT2D eigenvalue weighted by molar-refractivity contribution is 0.101. The summed E-state index contributed by atoms with van der Waals surface area (Å²) in [4.78, 5) is 23.1. The van der Waals surface area contributed by atoms with Gasteiger partial charge in [-0.05, 0) is 32.4 Å². The molecule has 0 N–H and O–H groups in total. The third-order valence-electron chi connectivity index (χ3n) is 3.00. The molecule has 18 heavy (non-hydrogen) atoms. The predicted octanol–water partition coefficient (Wildman–Crippen LogP) is 2.66. The monoisotopic (exact) mass is 241 g/mol. The van der Waals surface area contributed by atoms with Crippen LogP contribution < -0.4 is 5.43 Å². The molecule has 0 radical (unpaired) electrons. The zero-order valence-electron chi connectivity index (χ0n) is 10.7. The highest BCUT2D eigenvalue weighted by Gasteiger charge is 2.10. The molecule has 3 nitrogen and oxygen atoms in total. The third kappa shape index (κ3) is 2.12. The van der Waals surface area contributed by atoms with E-state index in [2.05, 4.69) is 0 Å². The number of aryl methyl sites for hydroxylation is 2. The number of hydrogen-bond acceptors (Lipinski definition) is 2. The largest absolute Gasteiger partial charge is 0.320 e. The fourth-order valence-corrected chi connectivity index (χ4v) is 1.99. The van der Waals surface area contributed by atoms with Crippen LogP contribution in [0.4, 0.5) is 0 Å². The number of carbonyl (C=O) groups excluding carboxylic acids is 1. The molecule has 0 aliphatic rings. The molecular formula is C15H15NO2. The van der Waals surface area contributed by atoms with Gasteiger partial charge in [0.2, 0.25) is 0 Å². The molecule has 0 spiro atoms. The lowest BCUT2D eigenvalue weighted by Gasteiger charge is -2.14. The Morgan fingerprint density at radius 3 is 2.44 bits per heavy atom. The first-order chi connectivity index (χ1) is 8.50. The molecule has 92 valence electrons. The smallest absolute Gasteiger partial charge is 0.192 e. The Balaban J connectivity index is 2.73. The van der Waals surface area contributed by atoms with E-state index in [-0.39, 0.29) is 16.8 Å². The van der Waals surface area contributed by atoms with Crippen LogP contribution in [0.5, 0.6) is 0 Å². The van der Waals surface area contributed by atoms with E-state index in [1.807, 2.05) is 42.7 Å². The molecule has 2 aromatic rings.